The SMILES string of the molecule is O=S(=O)(O)O.[O-2].[O-2].[O-2].[Y+3].[Y+3]. The minimum absolute atomic E-state index is 0. The van der Waals surface area contributed by atoms with Gasteiger partial charge in [-0.25, -0.2) is 0 Å². The molecule has 0 heterocycles. The first kappa shape index (κ1) is 40.5. The van der Waals surface area contributed by atoms with Crippen molar-refractivity contribution in [2.75, 3.05) is 0 Å². The number of rotatable bonds is 0. The van der Waals surface area contributed by atoms with Crippen LogP contribution in [0.25, 0.3) is 0 Å². The Balaban J connectivity index is -0.00000000800. The molecule has 0 rings (SSSR count). The summed E-state index contributed by atoms with van der Waals surface area (Å²) in [7, 11) is -4.67. The second-order valence-electron chi connectivity index (χ2n) is 0.448. The normalized spacial score (nSPS) is 5.80. The largest absolute Gasteiger partial charge is 3.00 e. The first-order valence-corrected chi connectivity index (χ1v) is 2.10. The molecular weight excluding hydrogens is 322 g/mol. The van der Waals surface area contributed by atoms with E-state index in [1.54, 1.807) is 0 Å². The van der Waals surface area contributed by atoms with Crippen molar-refractivity contribution in [2.24, 2.45) is 0 Å². The van der Waals surface area contributed by atoms with E-state index in [9.17, 15) is 0 Å². The molecule has 10 heavy (non-hydrogen) atoms. The Hall–Kier alpha value is 1.96. The van der Waals surface area contributed by atoms with E-state index in [0.717, 1.165) is 0 Å². The van der Waals surface area contributed by atoms with Crippen LogP contribution in [-0.2, 0) is 92.2 Å². The molecule has 56 valence electrons. The van der Waals surface area contributed by atoms with Gasteiger partial charge in [-0.2, -0.15) is 8.42 Å². The molecule has 0 aromatic carbocycles. The topological polar surface area (TPSA) is 160 Å². The molecule has 0 saturated heterocycles. The first-order chi connectivity index (χ1) is 2.00. The van der Waals surface area contributed by atoms with Gasteiger partial charge in [-0.15, -0.1) is 0 Å². The quantitative estimate of drug-likeness (QED) is 0.546. The van der Waals surface area contributed by atoms with Gasteiger partial charge in [0.25, 0.3) is 0 Å². The third-order valence-corrected chi connectivity index (χ3v) is 0. The Kier molecular flexibility index (Phi) is 69.4. The van der Waals surface area contributed by atoms with Gasteiger partial charge in [0.15, 0.2) is 0 Å². The van der Waals surface area contributed by atoms with Crippen molar-refractivity contribution >= 4 is 10.4 Å². The van der Waals surface area contributed by atoms with Gasteiger partial charge in [-0.3, -0.25) is 9.11 Å². The maximum atomic E-state index is 8.74. The third-order valence-electron chi connectivity index (χ3n) is 0. The molecule has 0 spiro atoms. The molecule has 0 aliphatic heterocycles. The molecule has 0 bridgehead atoms. The van der Waals surface area contributed by atoms with Gasteiger partial charge in [0.2, 0.25) is 0 Å². The molecule has 0 aliphatic rings. The van der Waals surface area contributed by atoms with Gasteiger partial charge >= 0.3 is 75.8 Å². The van der Waals surface area contributed by atoms with Crippen molar-refractivity contribution in [3.63, 3.8) is 0 Å². The minimum atomic E-state index is -4.67. The maximum absolute atomic E-state index is 8.74. The molecule has 0 atom stereocenters. The van der Waals surface area contributed by atoms with E-state index in [4.69, 9.17) is 17.5 Å². The summed E-state index contributed by atoms with van der Waals surface area (Å²) in [5, 5.41) is 0. The predicted molar refractivity (Wildman–Crippen MR) is 16.2 cm³/mol. The van der Waals surface area contributed by atoms with Crippen LogP contribution in [0.2, 0.25) is 0 Å². The van der Waals surface area contributed by atoms with E-state index in [1.165, 1.54) is 0 Å². The molecule has 0 aromatic heterocycles. The van der Waals surface area contributed by atoms with Crippen molar-refractivity contribution in [2.45, 2.75) is 0 Å². The van der Waals surface area contributed by atoms with Crippen LogP contribution in [0.15, 0.2) is 0 Å². The molecule has 0 aromatic rings. The standard InChI is InChI=1S/H2O4S.3O.2Y/c1-5(2,3)4;;;;;/h(H2,1,2,3,4);;;;;/q;3*-2;2*+3. The van der Waals surface area contributed by atoms with E-state index in [0.29, 0.717) is 0 Å². The van der Waals surface area contributed by atoms with Crippen LogP contribution < -0.4 is 0 Å². The summed E-state index contributed by atoms with van der Waals surface area (Å²) in [4.78, 5) is 0. The van der Waals surface area contributed by atoms with Gasteiger partial charge in [-0.05, 0) is 0 Å². The molecular formula is H2O7SY2. The van der Waals surface area contributed by atoms with Crippen LogP contribution in [0.4, 0.5) is 0 Å². The fraction of sp³-hybridized carbons (Fsp3) is 0. The average molecular weight is 324 g/mol. The first-order valence-electron chi connectivity index (χ1n) is 0.698. The molecule has 7 nitrogen and oxygen atoms in total. The predicted octanol–water partition coefficient (Wildman–Crippen LogP) is -1.01. The van der Waals surface area contributed by atoms with Gasteiger partial charge < -0.3 is 16.4 Å². The molecule has 2 N–H and O–H groups in total. The Bertz CT molecular complexity index is 94.8. The molecule has 0 radical (unpaired) electrons. The van der Waals surface area contributed by atoms with Gasteiger partial charge in [0.1, 0.15) is 0 Å². The van der Waals surface area contributed by atoms with E-state index in [1.807, 2.05) is 0 Å². The fourth-order valence-corrected chi connectivity index (χ4v) is 0. The summed E-state index contributed by atoms with van der Waals surface area (Å²) >= 11 is 0. The van der Waals surface area contributed by atoms with Gasteiger partial charge in [-0.1, -0.05) is 0 Å². The van der Waals surface area contributed by atoms with E-state index in [-0.39, 0.29) is 81.8 Å². The summed E-state index contributed by atoms with van der Waals surface area (Å²) < 4.78 is 31.6. The zero-order chi connectivity index (χ0) is 4.50. The van der Waals surface area contributed by atoms with Crippen LogP contribution >= 0.6 is 0 Å². The minimum Gasteiger partial charge on any atom is -2.00 e. The summed E-state index contributed by atoms with van der Waals surface area (Å²) in [6.07, 6.45) is 0. The zero-order valence-electron chi connectivity index (χ0n) is 4.50. The zero-order valence-corrected chi connectivity index (χ0v) is 11.0. The monoisotopic (exact) mass is 324 g/mol. The Labute approximate surface area is 108 Å². The van der Waals surface area contributed by atoms with Gasteiger partial charge in [0.05, 0.1) is 0 Å². The van der Waals surface area contributed by atoms with Crippen LogP contribution in [0.3, 0.4) is 0 Å². The van der Waals surface area contributed by atoms with Crippen molar-refractivity contribution < 1.29 is 99.4 Å². The molecule has 0 saturated carbocycles. The van der Waals surface area contributed by atoms with Crippen LogP contribution in [0, 0.1) is 0 Å². The Morgan fingerprint density at radius 1 is 0.800 bits per heavy atom. The Morgan fingerprint density at radius 3 is 0.800 bits per heavy atom. The molecule has 0 fully saturated rings. The smallest absolute Gasteiger partial charge is 2.00 e. The average Bonchev–Trinajstić information content (AvgIpc) is 0.722. The van der Waals surface area contributed by atoms with Crippen LogP contribution in [-0.4, -0.2) is 17.5 Å². The summed E-state index contributed by atoms with van der Waals surface area (Å²) in [5.41, 5.74) is 0. The number of hydrogen-bond donors (Lipinski definition) is 2. The second-order valence-corrected chi connectivity index (χ2v) is 1.34. The maximum Gasteiger partial charge on any atom is 3.00 e. The van der Waals surface area contributed by atoms with Crippen LogP contribution in [0.5, 0.6) is 0 Å². The molecule has 10 heteroatoms. The second kappa shape index (κ2) is 17.2. The van der Waals surface area contributed by atoms with Crippen molar-refractivity contribution in [1.29, 1.82) is 0 Å². The van der Waals surface area contributed by atoms with E-state index in [2.05, 4.69) is 0 Å². The molecule has 0 amide bonds. The fourth-order valence-electron chi connectivity index (χ4n) is 0. The number of hydrogen-bond acceptors (Lipinski definition) is 2. The van der Waals surface area contributed by atoms with Crippen molar-refractivity contribution in [1.82, 2.24) is 0 Å². The summed E-state index contributed by atoms with van der Waals surface area (Å²) in [6, 6.07) is 0. The van der Waals surface area contributed by atoms with Crippen molar-refractivity contribution in [3.8, 4) is 0 Å². The summed E-state index contributed by atoms with van der Waals surface area (Å²) in [5.74, 6) is 0. The van der Waals surface area contributed by atoms with E-state index < -0.39 is 10.4 Å². The summed E-state index contributed by atoms with van der Waals surface area (Å²) in [6.45, 7) is 0. The van der Waals surface area contributed by atoms with E-state index >= 15 is 0 Å². The van der Waals surface area contributed by atoms with Crippen LogP contribution in [0.1, 0.15) is 0 Å². The molecule has 0 aliphatic carbocycles. The van der Waals surface area contributed by atoms with Crippen molar-refractivity contribution in [3.05, 3.63) is 0 Å². The molecule has 0 unspecified atom stereocenters. The Morgan fingerprint density at radius 2 is 0.800 bits per heavy atom. The van der Waals surface area contributed by atoms with Gasteiger partial charge in [0, 0.05) is 0 Å². The third kappa shape index (κ3) is 208.